The third-order valence-electron chi connectivity index (χ3n) is 3.96. The minimum absolute atomic E-state index is 0.0948. The van der Waals surface area contributed by atoms with Gasteiger partial charge in [-0.1, -0.05) is 18.2 Å². The van der Waals surface area contributed by atoms with Gasteiger partial charge in [0.1, 0.15) is 0 Å². The molecule has 1 saturated heterocycles. The fourth-order valence-electron chi connectivity index (χ4n) is 2.68. The normalized spacial score (nSPS) is 14.7. The number of thiophene rings is 1. The summed E-state index contributed by atoms with van der Waals surface area (Å²) in [5, 5.41) is 4.99. The maximum atomic E-state index is 11.8. The summed E-state index contributed by atoms with van der Waals surface area (Å²) >= 11 is 1.62. The van der Waals surface area contributed by atoms with Gasteiger partial charge in [-0.2, -0.15) is 0 Å². The topological polar surface area (TPSA) is 41.6 Å². The molecule has 2 aromatic rings. The zero-order valence-corrected chi connectivity index (χ0v) is 14.0. The van der Waals surface area contributed by atoms with E-state index in [1.165, 1.54) is 11.3 Å². The van der Waals surface area contributed by atoms with Crippen LogP contribution in [0.25, 0.3) is 0 Å². The lowest BCUT2D eigenvalue weighted by Gasteiger charge is -2.28. The molecular formula is C18H22N2O2S. The minimum Gasteiger partial charge on any atom is -0.378 e. The van der Waals surface area contributed by atoms with E-state index in [1.54, 1.807) is 11.3 Å². The van der Waals surface area contributed by atoms with Gasteiger partial charge in [0.25, 0.3) is 0 Å². The highest BCUT2D eigenvalue weighted by Gasteiger charge is 2.10. The van der Waals surface area contributed by atoms with Gasteiger partial charge in [-0.25, -0.2) is 0 Å². The standard InChI is InChI=1S/C18H22N2O2S/c21-18(14-17-2-1-13-23-17)19-8-7-15-3-5-16(6-4-15)20-9-11-22-12-10-20/h1-6,13H,7-12,14H2,(H,19,21). The van der Waals surface area contributed by atoms with Crippen LogP contribution in [0.5, 0.6) is 0 Å². The monoisotopic (exact) mass is 330 g/mol. The van der Waals surface area contributed by atoms with Gasteiger partial charge in [0.2, 0.25) is 5.91 Å². The summed E-state index contributed by atoms with van der Waals surface area (Å²) in [6.45, 7) is 4.20. The van der Waals surface area contributed by atoms with Crippen LogP contribution >= 0.6 is 11.3 Å². The number of carbonyl (C=O) groups excluding carboxylic acids is 1. The molecule has 5 heteroatoms. The van der Waals surface area contributed by atoms with Crippen molar-refractivity contribution in [2.24, 2.45) is 0 Å². The molecule has 0 radical (unpaired) electrons. The molecule has 1 fully saturated rings. The van der Waals surface area contributed by atoms with Crippen LogP contribution in [0.15, 0.2) is 41.8 Å². The van der Waals surface area contributed by atoms with E-state index in [0.29, 0.717) is 13.0 Å². The summed E-state index contributed by atoms with van der Waals surface area (Å²) in [6, 6.07) is 12.6. The highest BCUT2D eigenvalue weighted by molar-refractivity contribution is 7.10. The summed E-state index contributed by atoms with van der Waals surface area (Å²) in [5.74, 6) is 0.0948. The number of morpholine rings is 1. The van der Waals surface area contributed by atoms with E-state index in [2.05, 4.69) is 34.5 Å². The summed E-state index contributed by atoms with van der Waals surface area (Å²) < 4.78 is 5.38. The van der Waals surface area contributed by atoms with Crippen molar-refractivity contribution in [2.45, 2.75) is 12.8 Å². The molecule has 0 atom stereocenters. The van der Waals surface area contributed by atoms with Gasteiger partial charge < -0.3 is 15.0 Å². The Morgan fingerprint density at radius 3 is 2.65 bits per heavy atom. The Morgan fingerprint density at radius 2 is 1.96 bits per heavy atom. The summed E-state index contributed by atoms with van der Waals surface area (Å²) in [7, 11) is 0. The van der Waals surface area contributed by atoms with Gasteiger partial charge in [0, 0.05) is 30.2 Å². The highest BCUT2D eigenvalue weighted by atomic mass is 32.1. The van der Waals surface area contributed by atoms with Gasteiger partial charge in [-0.3, -0.25) is 4.79 Å². The number of nitrogens with one attached hydrogen (secondary N) is 1. The largest absolute Gasteiger partial charge is 0.378 e. The molecule has 1 aliphatic heterocycles. The molecule has 122 valence electrons. The molecule has 1 amide bonds. The van der Waals surface area contributed by atoms with Crippen LogP contribution in [-0.4, -0.2) is 38.8 Å². The lowest BCUT2D eigenvalue weighted by Crippen LogP contribution is -2.36. The van der Waals surface area contributed by atoms with Crippen molar-refractivity contribution in [1.29, 1.82) is 0 Å². The average molecular weight is 330 g/mol. The van der Waals surface area contributed by atoms with Crippen molar-refractivity contribution in [3.05, 3.63) is 52.2 Å². The smallest absolute Gasteiger partial charge is 0.225 e. The molecule has 4 nitrogen and oxygen atoms in total. The number of rotatable bonds is 6. The molecule has 1 N–H and O–H groups in total. The zero-order valence-electron chi connectivity index (χ0n) is 13.2. The maximum absolute atomic E-state index is 11.8. The van der Waals surface area contributed by atoms with Crippen molar-refractivity contribution >= 4 is 22.9 Å². The molecule has 0 bridgehead atoms. The molecule has 0 unspecified atom stereocenters. The lowest BCUT2D eigenvalue weighted by molar-refractivity contribution is -0.120. The number of benzene rings is 1. The molecule has 0 aliphatic carbocycles. The minimum atomic E-state index is 0.0948. The van der Waals surface area contributed by atoms with Crippen LogP contribution in [0.3, 0.4) is 0 Å². The highest BCUT2D eigenvalue weighted by Crippen LogP contribution is 2.16. The number of hydrogen-bond donors (Lipinski definition) is 1. The third kappa shape index (κ3) is 4.81. The number of ether oxygens (including phenoxy) is 1. The Balaban J connectivity index is 1.42. The van der Waals surface area contributed by atoms with Crippen molar-refractivity contribution < 1.29 is 9.53 Å². The molecular weight excluding hydrogens is 308 g/mol. The van der Waals surface area contributed by atoms with Crippen molar-refractivity contribution in [3.8, 4) is 0 Å². The van der Waals surface area contributed by atoms with Crippen molar-refractivity contribution in [3.63, 3.8) is 0 Å². The summed E-state index contributed by atoms with van der Waals surface area (Å²) in [5.41, 5.74) is 2.50. The molecule has 2 heterocycles. The molecule has 0 spiro atoms. The zero-order chi connectivity index (χ0) is 15.9. The number of carbonyl (C=O) groups is 1. The lowest BCUT2D eigenvalue weighted by atomic mass is 10.1. The van der Waals surface area contributed by atoms with E-state index >= 15 is 0 Å². The number of amides is 1. The van der Waals surface area contributed by atoms with E-state index in [4.69, 9.17) is 4.74 Å². The van der Waals surface area contributed by atoms with Crippen LogP contribution in [0, 0.1) is 0 Å². The molecule has 0 saturated carbocycles. The fraction of sp³-hybridized carbons (Fsp3) is 0.389. The number of nitrogens with zero attached hydrogens (tertiary/aromatic N) is 1. The number of hydrogen-bond acceptors (Lipinski definition) is 4. The second kappa shape index (κ2) is 8.13. The molecule has 3 rings (SSSR count). The second-order valence-electron chi connectivity index (χ2n) is 5.62. The van der Waals surface area contributed by atoms with Gasteiger partial charge in [-0.05, 0) is 35.6 Å². The fourth-order valence-corrected chi connectivity index (χ4v) is 3.38. The van der Waals surface area contributed by atoms with Crippen LogP contribution in [0.2, 0.25) is 0 Å². The van der Waals surface area contributed by atoms with Crippen LogP contribution in [0.4, 0.5) is 5.69 Å². The van der Waals surface area contributed by atoms with E-state index in [0.717, 1.165) is 37.6 Å². The first-order chi connectivity index (χ1) is 11.3. The predicted molar refractivity (Wildman–Crippen MR) is 94.2 cm³/mol. The molecule has 1 aromatic carbocycles. The Kier molecular flexibility index (Phi) is 5.66. The van der Waals surface area contributed by atoms with Crippen LogP contribution < -0.4 is 10.2 Å². The van der Waals surface area contributed by atoms with Crippen LogP contribution in [-0.2, 0) is 22.4 Å². The third-order valence-corrected chi connectivity index (χ3v) is 4.84. The predicted octanol–water partition coefficient (Wildman–Crippen LogP) is 2.49. The van der Waals surface area contributed by atoms with Crippen LogP contribution in [0.1, 0.15) is 10.4 Å². The second-order valence-corrected chi connectivity index (χ2v) is 6.65. The Labute approximate surface area is 141 Å². The van der Waals surface area contributed by atoms with E-state index < -0.39 is 0 Å². The quantitative estimate of drug-likeness (QED) is 0.885. The summed E-state index contributed by atoms with van der Waals surface area (Å²) in [4.78, 5) is 15.3. The Hall–Kier alpha value is -1.85. The van der Waals surface area contributed by atoms with Gasteiger partial charge >= 0.3 is 0 Å². The van der Waals surface area contributed by atoms with E-state index in [1.807, 2.05) is 17.5 Å². The van der Waals surface area contributed by atoms with Gasteiger partial charge in [-0.15, -0.1) is 11.3 Å². The first-order valence-electron chi connectivity index (χ1n) is 8.02. The SMILES string of the molecule is O=C(Cc1cccs1)NCCc1ccc(N2CCOCC2)cc1. The van der Waals surface area contributed by atoms with Gasteiger partial charge in [0.15, 0.2) is 0 Å². The maximum Gasteiger partial charge on any atom is 0.225 e. The molecule has 1 aromatic heterocycles. The molecule has 1 aliphatic rings. The van der Waals surface area contributed by atoms with Crippen molar-refractivity contribution in [2.75, 3.05) is 37.7 Å². The Bertz CT molecular complexity index is 604. The average Bonchev–Trinajstić information content (AvgIpc) is 3.09. The first-order valence-corrected chi connectivity index (χ1v) is 8.90. The summed E-state index contributed by atoms with van der Waals surface area (Å²) in [6.07, 6.45) is 1.34. The van der Waals surface area contributed by atoms with Gasteiger partial charge in [0.05, 0.1) is 19.6 Å². The van der Waals surface area contributed by atoms with E-state index in [-0.39, 0.29) is 5.91 Å². The first kappa shape index (κ1) is 16.0. The van der Waals surface area contributed by atoms with E-state index in [9.17, 15) is 4.79 Å². The Morgan fingerprint density at radius 1 is 1.17 bits per heavy atom. The number of anilines is 1. The molecule has 23 heavy (non-hydrogen) atoms. The van der Waals surface area contributed by atoms with Crippen molar-refractivity contribution in [1.82, 2.24) is 5.32 Å².